The van der Waals surface area contributed by atoms with Gasteiger partial charge in [-0.2, -0.15) is 0 Å². The smallest absolute Gasteiger partial charge is 0.319 e. The molecule has 3 aromatic rings. The van der Waals surface area contributed by atoms with Crippen LogP contribution in [0.1, 0.15) is 28.6 Å². The third kappa shape index (κ3) is 4.75. The monoisotopic (exact) mass is 418 g/mol. The summed E-state index contributed by atoms with van der Waals surface area (Å²) < 4.78 is 5.16. The maximum Gasteiger partial charge on any atom is 0.319 e. The Morgan fingerprint density at radius 1 is 1.00 bits per heavy atom. The molecule has 0 aliphatic carbocycles. The molecular formula is C23H22N4O4. The molecule has 1 aromatic heterocycles. The number of benzene rings is 2. The Balaban J connectivity index is 1.33. The molecule has 0 saturated heterocycles. The first-order chi connectivity index (χ1) is 15.0. The van der Waals surface area contributed by atoms with Crippen molar-refractivity contribution in [2.45, 2.75) is 19.9 Å². The zero-order chi connectivity index (χ0) is 21.8. The van der Waals surface area contributed by atoms with Gasteiger partial charge in [0.25, 0.3) is 5.91 Å². The van der Waals surface area contributed by atoms with Gasteiger partial charge in [0.15, 0.2) is 0 Å². The second-order valence-electron chi connectivity index (χ2n) is 7.18. The van der Waals surface area contributed by atoms with E-state index in [1.54, 1.807) is 53.6 Å². The number of hydrogen-bond donors (Lipinski definition) is 3. The number of carbonyl (C=O) groups is 3. The van der Waals surface area contributed by atoms with Gasteiger partial charge in [0.1, 0.15) is 5.76 Å². The fraction of sp³-hybridized carbons (Fsp3) is 0.174. The molecule has 4 rings (SSSR count). The highest BCUT2D eigenvalue weighted by molar-refractivity contribution is 6.05. The second-order valence-corrected chi connectivity index (χ2v) is 7.18. The van der Waals surface area contributed by atoms with E-state index in [2.05, 4.69) is 16.0 Å². The second kappa shape index (κ2) is 8.74. The minimum Gasteiger partial charge on any atom is -0.467 e. The van der Waals surface area contributed by atoms with Gasteiger partial charge in [-0.3, -0.25) is 9.59 Å². The molecule has 1 aliphatic rings. The van der Waals surface area contributed by atoms with Crippen molar-refractivity contribution < 1.29 is 18.8 Å². The van der Waals surface area contributed by atoms with E-state index in [1.165, 1.54) is 6.92 Å². The molecule has 0 spiro atoms. The lowest BCUT2D eigenvalue weighted by atomic mass is 10.1. The number of fused-ring (bicyclic) bond motifs is 1. The minimum atomic E-state index is -0.356. The fourth-order valence-electron chi connectivity index (χ4n) is 3.47. The van der Waals surface area contributed by atoms with E-state index in [0.717, 1.165) is 17.7 Å². The summed E-state index contributed by atoms with van der Waals surface area (Å²) in [5.74, 6) is 0.425. The van der Waals surface area contributed by atoms with Crippen LogP contribution in [0.15, 0.2) is 65.3 Å². The van der Waals surface area contributed by atoms with Crippen LogP contribution in [0.4, 0.5) is 21.9 Å². The molecule has 0 fully saturated rings. The van der Waals surface area contributed by atoms with Crippen LogP contribution in [0.25, 0.3) is 0 Å². The first-order valence-electron chi connectivity index (χ1n) is 9.89. The number of furan rings is 1. The maximum atomic E-state index is 12.6. The summed E-state index contributed by atoms with van der Waals surface area (Å²) in [6.45, 7) is 2.47. The van der Waals surface area contributed by atoms with Crippen molar-refractivity contribution in [2.24, 2.45) is 0 Å². The Morgan fingerprint density at radius 3 is 2.42 bits per heavy atom. The van der Waals surface area contributed by atoms with Crippen LogP contribution in [-0.4, -0.2) is 24.4 Å². The Hall–Kier alpha value is -4.07. The topological polar surface area (TPSA) is 104 Å². The van der Waals surface area contributed by atoms with E-state index in [-0.39, 0.29) is 24.4 Å². The standard InChI is InChI=1S/C23H22N4O4/c1-15(28)27-11-10-16-13-17(4-9-21(16)27)22(29)25-18-5-7-19(8-6-18)26-23(30)24-14-20-3-2-12-31-20/h2-9,12-13H,10-11,14H2,1H3,(H,25,29)(H2,24,26,30). The van der Waals surface area contributed by atoms with E-state index in [0.29, 0.717) is 29.2 Å². The molecule has 1 aliphatic heterocycles. The third-order valence-corrected chi connectivity index (χ3v) is 5.02. The van der Waals surface area contributed by atoms with Gasteiger partial charge in [-0.1, -0.05) is 0 Å². The van der Waals surface area contributed by atoms with Gasteiger partial charge in [-0.15, -0.1) is 0 Å². The van der Waals surface area contributed by atoms with Crippen LogP contribution in [0.5, 0.6) is 0 Å². The summed E-state index contributed by atoms with van der Waals surface area (Å²) in [4.78, 5) is 37.9. The lowest BCUT2D eigenvalue weighted by Gasteiger charge is -2.15. The van der Waals surface area contributed by atoms with Crippen molar-refractivity contribution in [1.29, 1.82) is 0 Å². The van der Waals surface area contributed by atoms with Crippen molar-refractivity contribution in [3.63, 3.8) is 0 Å². The van der Waals surface area contributed by atoms with E-state index < -0.39 is 0 Å². The Kier molecular flexibility index (Phi) is 5.70. The molecular weight excluding hydrogens is 396 g/mol. The van der Waals surface area contributed by atoms with Crippen LogP contribution in [-0.2, 0) is 17.8 Å². The average molecular weight is 418 g/mol. The molecule has 3 N–H and O–H groups in total. The number of hydrogen-bond acceptors (Lipinski definition) is 4. The summed E-state index contributed by atoms with van der Waals surface area (Å²) >= 11 is 0. The molecule has 0 unspecified atom stereocenters. The molecule has 0 atom stereocenters. The Labute approximate surface area is 179 Å². The summed E-state index contributed by atoms with van der Waals surface area (Å²) in [5.41, 5.74) is 3.59. The largest absolute Gasteiger partial charge is 0.467 e. The minimum absolute atomic E-state index is 0.000650. The number of amides is 4. The Morgan fingerprint density at radius 2 is 1.74 bits per heavy atom. The number of anilines is 3. The maximum absolute atomic E-state index is 12.6. The zero-order valence-electron chi connectivity index (χ0n) is 17.0. The van der Waals surface area contributed by atoms with Gasteiger partial charge in [0.05, 0.1) is 12.8 Å². The summed E-state index contributed by atoms with van der Waals surface area (Å²) in [5, 5.41) is 8.26. The highest BCUT2D eigenvalue weighted by Crippen LogP contribution is 2.29. The molecule has 0 saturated carbocycles. The van der Waals surface area contributed by atoms with Crippen LogP contribution in [0.3, 0.4) is 0 Å². The summed E-state index contributed by atoms with van der Waals surface area (Å²) in [6.07, 6.45) is 2.28. The van der Waals surface area contributed by atoms with Gasteiger partial charge < -0.3 is 25.3 Å². The van der Waals surface area contributed by atoms with Gasteiger partial charge in [0, 0.05) is 36.1 Å². The van der Waals surface area contributed by atoms with Gasteiger partial charge in [0.2, 0.25) is 5.91 Å². The predicted octanol–water partition coefficient (Wildman–Crippen LogP) is 3.76. The van der Waals surface area contributed by atoms with E-state index in [4.69, 9.17) is 4.42 Å². The number of nitrogens with one attached hydrogen (secondary N) is 3. The normalized spacial score (nSPS) is 12.2. The van der Waals surface area contributed by atoms with Crippen molar-refractivity contribution in [3.05, 3.63) is 77.7 Å². The molecule has 0 bridgehead atoms. The molecule has 31 heavy (non-hydrogen) atoms. The molecule has 2 heterocycles. The van der Waals surface area contributed by atoms with Crippen LogP contribution >= 0.6 is 0 Å². The van der Waals surface area contributed by atoms with Crippen molar-refractivity contribution in [3.8, 4) is 0 Å². The van der Waals surface area contributed by atoms with Crippen molar-refractivity contribution >= 4 is 34.9 Å². The summed E-state index contributed by atoms with van der Waals surface area (Å²) in [6, 6.07) is 15.4. The highest BCUT2D eigenvalue weighted by atomic mass is 16.3. The lowest BCUT2D eigenvalue weighted by Crippen LogP contribution is -2.27. The van der Waals surface area contributed by atoms with Gasteiger partial charge >= 0.3 is 6.03 Å². The molecule has 8 nitrogen and oxygen atoms in total. The molecule has 0 radical (unpaired) electrons. The van der Waals surface area contributed by atoms with Crippen LogP contribution < -0.4 is 20.9 Å². The van der Waals surface area contributed by atoms with Gasteiger partial charge in [-0.25, -0.2) is 4.79 Å². The lowest BCUT2D eigenvalue weighted by molar-refractivity contribution is -0.116. The van der Waals surface area contributed by atoms with Gasteiger partial charge in [-0.05, 0) is 66.6 Å². The SMILES string of the molecule is CC(=O)N1CCc2cc(C(=O)Nc3ccc(NC(=O)NCc4ccco4)cc3)ccc21. The highest BCUT2D eigenvalue weighted by Gasteiger charge is 2.23. The molecule has 2 aromatic carbocycles. The summed E-state index contributed by atoms with van der Waals surface area (Å²) in [7, 11) is 0. The number of nitrogens with zero attached hydrogens (tertiary/aromatic N) is 1. The van der Waals surface area contributed by atoms with Crippen molar-refractivity contribution in [2.75, 3.05) is 22.1 Å². The fourth-order valence-corrected chi connectivity index (χ4v) is 3.47. The van der Waals surface area contributed by atoms with E-state index >= 15 is 0 Å². The molecule has 8 heteroatoms. The first kappa shape index (κ1) is 20.2. The van der Waals surface area contributed by atoms with Crippen molar-refractivity contribution in [1.82, 2.24) is 5.32 Å². The number of urea groups is 1. The third-order valence-electron chi connectivity index (χ3n) is 5.02. The number of rotatable bonds is 5. The molecule has 4 amide bonds. The first-order valence-corrected chi connectivity index (χ1v) is 9.89. The van der Waals surface area contributed by atoms with Crippen LogP contribution in [0, 0.1) is 0 Å². The average Bonchev–Trinajstić information content (AvgIpc) is 3.43. The predicted molar refractivity (Wildman–Crippen MR) is 117 cm³/mol. The Bertz CT molecular complexity index is 1110. The zero-order valence-corrected chi connectivity index (χ0v) is 17.0. The quantitative estimate of drug-likeness (QED) is 0.587. The number of carbonyl (C=O) groups excluding carboxylic acids is 3. The van der Waals surface area contributed by atoms with E-state index in [9.17, 15) is 14.4 Å². The molecule has 158 valence electrons. The van der Waals surface area contributed by atoms with E-state index in [1.807, 2.05) is 12.1 Å². The van der Waals surface area contributed by atoms with Crippen LogP contribution in [0.2, 0.25) is 0 Å².